The average molecular weight is 244 g/mol. The highest BCUT2D eigenvalue weighted by molar-refractivity contribution is 5.75. The molecule has 2 unspecified atom stereocenters. The number of hydrogen-bond donors (Lipinski definition) is 0. The van der Waals surface area contributed by atoms with Crippen LogP contribution in [0.3, 0.4) is 0 Å². The van der Waals surface area contributed by atoms with Gasteiger partial charge in [-0.05, 0) is 26.7 Å². The second-order valence-electron chi connectivity index (χ2n) is 5.15. The van der Waals surface area contributed by atoms with Crippen molar-refractivity contribution in [3.8, 4) is 0 Å². The lowest BCUT2D eigenvalue weighted by molar-refractivity contribution is -0.158. The lowest BCUT2D eigenvalue weighted by Crippen LogP contribution is -2.30. The zero-order chi connectivity index (χ0) is 12.9. The average Bonchev–Trinajstić information content (AvgIpc) is 2.74. The van der Waals surface area contributed by atoms with Crippen LogP contribution in [0.15, 0.2) is 0 Å². The third-order valence-corrected chi connectivity index (χ3v) is 3.17. The summed E-state index contributed by atoms with van der Waals surface area (Å²) in [6.07, 6.45) is 2.46. The van der Waals surface area contributed by atoms with Gasteiger partial charge in [-0.1, -0.05) is 20.3 Å². The highest BCUT2D eigenvalue weighted by atomic mass is 16.7. The van der Waals surface area contributed by atoms with Gasteiger partial charge in [0, 0.05) is 0 Å². The van der Waals surface area contributed by atoms with E-state index < -0.39 is 5.41 Å². The maximum atomic E-state index is 11.7. The van der Waals surface area contributed by atoms with Gasteiger partial charge in [-0.3, -0.25) is 4.79 Å². The minimum absolute atomic E-state index is 0.108. The predicted octanol–water partition coefficient (Wildman–Crippen LogP) is 2.51. The molecule has 1 aliphatic rings. The van der Waals surface area contributed by atoms with Gasteiger partial charge in [0.1, 0.15) is 12.7 Å². The third kappa shape index (κ3) is 4.28. The molecule has 0 saturated carbocycles. The minimum atomic E-state index is -0.414. The molecular weight excluding hydrogens is 220 g/mol. The summed E-state index contributed by atoms with van der Waals surface area (Å²) in [4.78, 5) is 11.7. The van der Waals surface area contributed by atoms with Crippen molar-refractivity contribution < 1.29 is 19.0 Å². The van der Waals surface area contributed by atoms with Crippen LogP contribution in [0, 0.1) is 5.41 Å². The van der Waals surface area contributed by atoms with E-state index in [4.69, 9.17) is 14.2 Å². The Bertz CT molecular complexity index is 250. The monoisotopic (exact) mass is 244 g/mol. The van der Waals surface area contributed by atoms with Crippen LogP contribution in [-0.4, -0.2) is 31.6 Å². The molecule has 0 aromatic rings. The zero-order valence-corrected chi connectivity index (χ0v) is 11.3. The standard InChI is InChI=1S/C13H24O4/c1-5-7-11-15-8-10(17-11)9-16-12(14)13(3,4)6-2/h10-11H,5-9H2,1-4H3. The van der Waals surface area contributed by atoms with Crippen LogP contribution in [-0.2, 0) is 19.0 Å². The number of ether oxygens (including phenoxy) is 3. The second kappa shape index (κ2) is 6.36. The molecule has 0 aromatic carbocycles. The van der Waals surface area contributed by atoms with E-state index >= 15 is 0 Å². The molecule has 2 atom stereocenters. The first-order valence-corrected chi connectivity index (χ1v) is 6.44. The van der Waals surface area contributed by atoms with E-state index in [0.717, 1.165) is 19.3 Å². The molecule has 0 N–H and O–H groups in total. The van der Waals surface area contributed by atoms with Gasteiger partial charge in [0.25, 0.3) is 0 Å². The summed E-state index contributed by atoms with van der Waals surface area (Å²) >= 11 is 0. The highest BCUT2D eigenvalue weighted by Gasteiger charge is 2.30. The summed E-state index contributed by atoms with van der Waals surface area (Å²) in [5.41, 5.74) is -0.414. The summed E-state index contributed by atoms with van der Waals surface area (Å²) < 4.78 is 16.3. The number of esters is 1. The molecule has 4 nitrogen and oxygen atoms in total. The molecule has 17 heavy (non-hydrogen) atoms. The van der Waals surface area contributed by atoms with Gasteiger partial charge in [0.2, 0.25) is 0 Å². The molecule has 1 heterocycles. The fourth-order valence-electron chi connectivity index (χ4n) is 1.49. The Morgan fingerprint density at radius 3 is 2.71 bits per heavy atom. The van der Waals surface area contributed by atoms with Crippen molar-refractivity contribution in [3.63, 3.8) is 0 Å². The molecule has 1 saturated heterocycles. The topological polar surface area (TPSA) is 44.8 Å². The molecule has 0 aromatic heterocycles. The first kappa shape index (κ1) is 14.5. The van der Waals surface area contributed by atoms with Crippen molar-refractivity contribution in [1.82, 2.24) is 0 Å². The first-order chi connectivity index (χ1) is 7.99. The van der Waals surface area contributed by atoms with Gasteiger partial charge in [0.05, 0.1) is 12.0 Å². The van der Waals surface area contributed by atoms with Crippen molar-refractivity contribution in [2.75, 3.05) is 13.2 Å². The Balaban J connectivity index is 2.26. The summed E-state index contributed by atoms with van der Waals surface area (Å²) in [6.45, 7) is 8.66. The van der Waals surface area contributed by atoms with E-state index in [-0.39, 0.29) is 18.4 Å². The number of rotatable bonds is 6. The van der Waals surface area contributed by atoms with Crippen LogP contribution in [0.2, 0.25) is 0 Å². The maximum Gasteiger partial charge on any atom is 0.311 e. The SMILES string of the molecule is CCCC1OCC(COC(=O)C(C)(C)CC)O1. The van der Waals surface area contributed by atoms with Crippen molar-refractivity contribution >= 4 is 5.97 Å². The van der Waals surface area contributed by atoms with E-state index in [1.807, 2.05) is 20.8 Å². The highest BCUT2D eigenvalue weighted by Crippen LogP contribution is 2.22. The van der Waals surface area contributed by atoms with Crippen molar-refractivity contribution in [2.24, 2.45) is 5.41 Å². The number of carbonyl (C=O) groups excluding carboxylic acids is 1. The first-order valence-electron chi connectivity index (χ1n) is 6.44. The van der Waals surface area contributed by atoms with Gasteiger partial charge in [-0.2, -0.15) is 0 Å². The summed E-state index contributed by atoms with van der Waals surface area (Å²) in [6, 6.07) is 0. The van der Waals surface area contributed by atoms with Crippen LogP contribution < -0.4 is 0 Å². The lowest BCUT2D eigenvalue weighted by atomic mass is 9.91. The van der Waals surface area contributed by atoms with E-state index in [2.05, 4.69) is 6.92 Å². The Morgan fingerprint density at radius 1 is 1.41 bits per heavy atom. The second-order valence-corrected chi connectivity index (χ2v) is 5.15. The Labute approximate surface area is 104 Å². The quantitative estimate of drug-likeness (QED) is 0.673. The Morgan fingerprint density at radius 2 is 2.12 bits per heavy atom. The van der Waals surface area contributed by atoms with Crippen LogP contribution >= 0.6 is 0 Å². The molecule has 1 rings (SSSR count). The molecule has 0 amide bonds. The molecule has 4 heteroatoms. The van der Waals surface area contributed by atoms with Gasteiger partial charge in [0.15, 0.2) is 6.29 Å². The number of hydrogen-bond acceptors (Lipinski definition) is 4. The Kier molecular flexibility index (Phi) is 5.40. The zero-order valence-electron chi connectivity index (χ0n) is 11.3. The predicted molar refractivity (Wildman–Crippen MR) is 64.6 cm³/mol. The molecule has 0 radical (unpaired) electrons. The molecule has 1 fully saturated rings. The third-order valence-electron chi connectivity index (χ3n) is 3.17. The van der Waals surface area contributed by atoms with E-state index in [9.17, 15) is 4.79 Å². The summed E-state index contributed by atoms with van der Waals surface area (Å²) in [5.74, 6) is -0.164. The van der Waals surface area contributed by atoms with E-state index in [1.54, 1.807) is 0 Å². The Hall–Kier alpha value is -0.610. The largest absolute Gasteiger partial charge is 0.462 e. The fraction of sp³-hybridized carbons (Fsp3) is 0.923. The molecule has 1 aliphatic heterocycles. The molecule has 0 aliphatic carbocycles. The summed E-state index contributed by atoms with van der Waals surface area (Å²) in [7, 11) is 0. The fourth-order valence-corrected chi connectivity index (χ4v) is 1.49. The van der Waals surface area contributed by atoms with Crippen LogP contribution in [0.5, 0.6) is 0 Å². The van der Waals surface area contributed by atoms with Crippen molar-refractivity contribution in [2.45, 2.75) is 59.4 Å². The maximum absolute atomic E-state index is 11.7. The molecule has 0 spiro atoms. The van der Waals surface area contributed by atoms with Crippen LogP contribution in [0.1, 0.15) is 47.0 Å². The molecule has 100 valence electrons. The van der Waals surface area contributed by atoms with Gasteiger partial charge in [-0.25, -0.2) is 0 Å². The lowest BCUT2D eigenvalue weighted by Gasteiger charge is -2.21. The van der Waals surface area contributed by atoms with Gasteiger partial charge in [-0.15, -0.1) is 0 Å². The van der Waals surface area contributed by atoms with Gasteiger partial charge < -0.3 is 14.2 Å². The van der Waals surface area contributed by atoms with Crippen molar-refractivity contribution in [1.29, 1.82) is 0 Å². The summed E-state index contributed by atoms with van der Waals surface area (Å²) in [5, 5.41) is 0. The van der Waals surface area contributed by atoms with Crippen LogP contribution in [0.25, 0.3) is 0 Å². The van der Waals surface area contributed by atoms with E-state index in [1.165, 1.54) is 0 Å². The normalized spacial score (nSPS) is 24.9. The van der Waals surface area contributed by atoms with Crippen LogP contribution in [0.4, 0.5) is 0 Å². The van der Waals surface area contributed by atoms with Gasteiger partial charge >= 0.3 is 5.97 Å². The van der Waals surface area contributed by atoms with E-state index in [0.29, 0.717) is 13.2 Å². The molecular formula is C13H24O4. The van der Waals surface area contributed by atoms with Crippen molar-refractivity contribution in [3.05, 3.63) is 0 Å². The number of carbonyl (C=O) groups is 1. The molecule has 0 bridgehead atoms. The minimum Gasteiger partial charge on any atom is -0.462 e. The smallest absolute Gasteiger partial charge is 0.311 e.